The monoisotopic (exact) mass is 197 g/mol. The van der Waals surface area contributed by atoms with E-state index in [0.29, 0.717) is 25.9 Å². The molecule has 1 saturated heterocycles. The average molecular weight is 197 g/mol. The first-order valence-electron chi connectivity index (χ1n) is 4.58. The molecule has 78 valence electrons. The molecule has 0 spiro atoms. The fraction of sp³-hybridized carbons (Fsp3) is 0.778. The van der Waals surface area contributed by atoms with Crippen molar-refractivity contribution in [2.45, 2.75) is 18.4 Å². The van der Waals surface area contributed by atoms with E-state index in [1.165, 1.54) is 4.90 Å². The van der Waals surface area contributed by atoms with Gasteiger partial charge in [0.1, 0.15) is 0 Å². The van der Waals surface area contributed by atoms with Crippen LogP contribution in [0, 0.1) is 11.3 Å². The Morgan fingerprint density at radius 1 is 1.50 bits per heavy atom. The number of amides is 2. The number of carbonyl (C=O) groups excluding carboxylic acids is 1. The second-order valence-corrected chi connectivity index (χ2v) is 3.81. The van der Waals surface area contributed by atoms with Crippen molar-refractivity contribution in [3.05, 3.63) is 0 Å². The largest absolute Gasteiger partial charge is 0.375 e. The first-order valence-corrected chi connectivity index (χ1v) is 4.58. The molecule has 1 fully saturated rings. The Bertz CT molecular complexity index is 262. The van der Waals surface area contributed by atoms with Gasteiger partial charge in [-0.25, -0.2) is 4.79 Å². The molecule has 0 saturated carbocycles. The summed E-state index contributed by atoms with van der Waals surface area (Å²) in [6, 6.07) is 1.81. The summed E-state index contributed by atoms with van der Waals surface area (Å²) < 4.78 is 0. The van der Waals surface area contributed by atoms with Gasteiger partial charge in [0.05, 0.1) is 6.07 Å². The molecule has 0 aromatic heterocycles. The predicted octanol–water partition coefficient (Wildman–Crippen LogP) is 0.0185. The Kier molecular flexibility index (Phi) is 2.96. The van der Waals surface area contributed by atoms with Gasteiger partial charge < -0.3 is 14.9 Å². The Labute approximate surface area is 83.5 Å². The molecule has 0 aromatic rings. The SMILES string of the molecule is CN(C)C(=O)N1CCC(O)(C#N)CC1. The minimum atomic E-state index is -1.23. The topological polar surface area (TPSA) is 67.6 Å². The lowest BCUT2D eigenvalue weighted by molar-refractivity contribution is 0.0325. The molecular formula is C9H15N3O2. The van der Waals surface area contributed by atoms with Crippen LogP contribution in [0.2, 0.25) is 0 Å². The summed E-state index contributed by atoms with van der Waals surface area (Å²) in [5.41, 5.74) is -1.23. The minimum absolute atomic E-state index is 0.0648. The van der Waals surface area contributed by atoms with Gasteiger partial charge in [-0.2, -0.15) is 5.26 Å². The van der Waals surface area contributed by atoms with E-state index in [1.54, 1.807) is 19.0 Å². The zero-order valence-electron chi connectivity index (χ0n) is 8.53. The molecule has 0 aromatic carbocycles. The second kappa shape index (κ2) is 3.84. The number of carbonyl (C=O) groups is 1. The molecule has 1 heterocycles. The van der Waals surface area contributed by atoms with Gasteiger partial charge in [-0.05, 0) is 0 Å². The Morgan fingerprint density at radius 2 is 2.00 bits per heavy atom. The van der Waals surface area contributed by atoms with E-state index in [1.807, 2.05) is 6.07 Å². The van der Waals surface area contributed by atoms with Crippen LogP contribution in [-0.4, -0.2) is 53.7 Å². The van der Waals surface area contributed by atoms with E-state index in [0.717, 1.165) is 0 Å². The number of nitrogens with zero attached hydrogens (tertiary/aromatic N) is 3. The number of rotatable bonds is 0. The van der Waals surface area contributed by atoms with E-state index < -0.39 is 5.60 Å². The van der Waals surface area contributed by atoms with Crippen LogP contribution in [-0.2, 0) is 0 Å². The van der Waals surface area contributed by atoms with Gasteiger partial charge in [-0.1, -0.05) is 0 Å². The third-order valence-electron chi connectivity index (χ3n) is 2.45. The molecule has 1 rings (SSSR count). The molecule has 0 unspecified atom stereocenters. The first-order chi connectivity index (χ1) is 6.48. The number of aliphatic hydroxyl groups is 1. The maximum absolute atomic E-state index is 11.5. The Hall–Kier alpha value is -1.28. The number of likely N-dealkylation sites (tertiary alicyclic amines) is 1. The molecule has 0 atom stereocenters. The third-order valence-corrected chi connectivity index (χ3v) is 2.45. The maximum Gasteiger partial charge on any atom is 0.319 e. The summed E-state index contributed by atoms with van der Waals surface area (Å²) in [6.07, 6.45) is 0.673. The van der Waals surface area contributed by atoms with Crippen molar-refractivity contribution in [1.29, 1.82) is 5.26 Å². The van der Waals surface area contributed by atoms with Crippen LogP contribution in [0.3, 0.4) is 0 Å². The van der Waals surface area contributed by atoms with Crippen molar-refractivity contribution in [1.82, 2.24) is 9.80 Å². The zero-order valence-corrected chi connectivity index (χ0v) is 8.53. The summed E-state index contributed by atoms with van der Waals surface area (Å²) >= 11 is 0. The molecule has 0 radical (unpaired) electrons. The Morgan fingerprint density at radius 3 is 2.36 bits per heavy atom. The third kappa shape index (κ3) is 2.15. The highest BCUT2D eigenvalue weighted by molar-refractivity contribution is 5.73. The smallest absolute Gasteiger partial charge is 0.319 e. The molecule has 0 aliphatic carbocycles. The minimum Gasteiger partial charge on any atom is -0.375 e. The highest BCUT2D eigenvalue weighted by Gasteiger charge is 2.34. The summed E-state index contributed by atoms with van der Waals surface area (Å²) in [7, 11) is 3.38. The van der Waals surface area contributed by atoms with Gasteiger partial charge in [0, 0.05) is 40.0 Å². The summed E-state index contributed by atoms with van der Waals surface area (Å²) in [5.74, 6) is 0. The number of hydrogen-bond acceptors (Lipinski definition) is 3. The molecule has 1 aliphatic rings. The first kappa shape index (κ1) is 10.8. The molecule has 1 aliphatic heterocycles. The van der Waals surface area contributed by atoms with Crippen molar-refractivity contribution in [3.8, 4) is 6.07 Å². The highest BCUT2D eigenvalue weighted by atomic mass is 16.3. The maximum atomic E-state index is 11.5. The van der Waals surface area contributed by atoms with Crippen LogP contribution >= 0.6 is 0 Å². The van der Waals surface area contributed by atoms with E-state index >= 15 is 0 Å². The van der Waals surface area contributed by atoms with E-state index in [9.17, 15) is 9.90 Å². The number of hydrogen-bond donors (Lipinski definition) is 1. The molecule has 14 heavy (non-hydrogen) atoms. The normalized spacial score (nSPS) is 20.0. The van der Waals surface area contributed by atoms with Crippen molar-refractivity contribution >= 4 is 6.03 Å². The van der Waals surface area contributed by atoms with Crippen molar-refractivity contribution in [2.75, 3.05) is 27.2 Å². The van der Waals surface area contributed by atoms with Crippen LogP contribution in [0.5, 0.6) is 0 Å². The van der Waals surface area contributed by atoms with Crippen LogP contribution < -0.4 is 0 Å². The van der Waals surface area contributed by atoms with Crippen molar-refractivity contribution in [2.24, 2.45) is 0 Å². The molecule has 5 heteroatoms. The summed E-state index contributed by atoms with van der Waals surface area (Å²) in [5, 5.41) is 18.3. The standard InChI is InChI=1S/C9H15N3O2/c1-11(2)8(13)12-5-3-9(14,7-10)4-6-12/h14H,3-6H2,1-2H3. The number of nitriles is 1. The van der Waals surface area contributed by atoms with Crippen LogP contribution in [0.4, 0.5) is 4.79 Å². The lowest BCUT2D eigenvalue weighted by Crippen LogP contribution is -2.49. The molecular weight excluding hydrogens is 182 g/mol. The van der Waals surface area contributed by atoms with Crippen LogP contribution in [0.1, 0.15) is 12.8 Å². The predicted molar refractivity (Wildman–Crippen MR) is 50.5 cm³/mol. The van der Waals surface area contributed by atoms with Crippen LogP contribution in [0.25, 0.3) is 0 Å². The second-order valence-electron chi connectivity index (χ2n) is 3.81. The van der Waals surface area contributed by atoms with Gasteiger partial charge in [-0.3, -0.25) is 0 Å². The Balaban J connectivity index is 2.52. The fourth-order valence-corrected chi connectivity index (χ4v) is 1.46. The molecule has 1 N–H and O–H groups in total. The fourth-order valence-electron chi connectivity index (χ4n) is 1.46. The van der Waals surface area contributed by atoms with Crippen LogP contribution in [0.15, 0.2) is 0 Å². The molecule has 5 nitrogen and oxygen atoms in total. The quantitative estimate of drug-likeness (QED) is 0.556. The van der Waals surface area contributed by atoms with E-state index in [4.69, 9.17) is 5.26 Å². The van der Waals surface area contributed by atoms with Gasteiger partial charge in [0.2, 0.25) is 0 Å². The lowest BCUT2D eigenvalue weighted by atomic mass is 9.93. The van der Waals surface area contributed by atoms with E-state index in [-0.39, 0.29) is 6.03 Å². The highest BCUT2D eigenvalue weighted by Crippen LogP contribution is 2.21. The van der Waals surface area contributed by atoms with Gasteiger partial charge >= 0.3 is 6.03 Å². The van der Waals surface area contributed by atoms with Gasteiger partial charge in [0.25, 0.3) is 0 Å². The van der Waals surface area contributed by atoms with Gasteiger partial charge in [0.15, 0.2) is 5.60 Å². The van der Waals surface area contributed by atoms with Crippen molar-refractivity contribution < 1.29 is 9.90 Å². The van der Waals surface area contributed by atoms with Gasteiger partial charge in [-0.15, -0.1) is 0 Å². The van der Waals surface area contributed by atoms with E-state index in [2.05, 4.69) is 0 Å². The number of piperidine rings is 1. The van der Waals surface area contributed by atoms with Crippen molar-refractivity contribution in [3.63, 3.8) is 0 Å². The number of urea groups is 1. The molecule has 2 amide bonds. The average Bonchev–Trinajstić information content (AvgIpc) is 2.18. The summed E-state index contributed by atoms with van der Waals surface area (Å²) in [4.78, 5) is 14.6. The lowest BCUT2D eigenvalue weighted by Gasteiger charge is -2.35. The zero-order chi connectivity index (χ0) is 10.8. The summed E-state index contributed by atoms with van der Waals surface area (Å²) in [6.45, 7) is 0.891. The molecule has 0 bridgehead atoms.